The Balaban J connectivity index is 2.80. The van der Waals surface area contributed by atoms with Gasteiger partial charge in [-0.25, -0.2) is 4.79 Å². The standard InChI is InChI=1S/C19H37NO6Si/c1-8-25-17(22)15-12-20(18(23)26-19(2,3)4)11-14(16(15)21)13-24-9-10-27(5,6)7/h14-16,21H,8-13H2,1-7H3/t14-,15+,16-/m0/s1. The number of carbonyl (C=O) groups excluding carboxylic acids is 2. The average molecular weight is 404 g/mol. The first-order valence-electron chi connectivity index (χ1n) is 9.74. The minimum Gasteiger partial charge on any atom is -0.466 e. The highest BCUT2D eigenvalue weighted by Crippen LogP contribution is 2.26. The summed E-state index contributed by atoms with van der Waals surface area (Å²) < 4.78 is 16.3. The summed E-state index contributed by atoms with van der Waals surface area (Å²) in [5, 5.41) is 10.7. The lowest BCUT2D eigenvalue weighted by Gasteiger charge is -2.40. The zero-order valence-electron chi connectivity index (χ0n) is 17.9. The molecule has 1 fully saturated rings. The number of ether oxygens (including phenoxy) is 3. The van der Waals surface area contributed by atoms with Crippen LogP contribution in [0.25, 0.3) is 0 Å². The minimum absolute atomic E-state index is 0.0836. The normalized spacial score (nSPS) is 23.9. The molecule has 1 amide bonds. The summed E-state index contributed by atoms with van der Waals surface area (Å²) in [7, 11) is -1.21. The van der Waals surface area contributed by atoms with Gasteiger partial charge < -0.3 is 24.2 Å². The maximum atomic E-state index is 12.5. The summed E-state index contributed by atoms with van der Waals surface area (Å²) in [6, 6.07) is 1.02. The van der Waals surface area contributed by atoms with Crippen LogP contribution in [0.2, 0.25) is 25.7 Å². The van der Waals surface area contributed by atoms with E-state index in [0.29, 0.717) is 19.8 Å². The van der Waals surface area contributed by atoms with Crippen molar-refractivity contribution in [1.82, 2.24) is 4.90 Å². The van der Waals surface area contributed by atoms with Gasteiger partial charge in [0.25, 0.3) is 0 Å². The quantitative estimate of drug-likeness (QED) is 0.400. The second-order valence-electron chi connectivity index (χ2n) is 9.38. The SMILES string of the molecule is CCOC(=O)[C@@H]1CN(C(=O)OC(C)(C)C)C[C@@H](COCC[Si](C)(C)C)[C@@H]1O. The number of hydrogen-bond acceptors (Lipinski definition) is 6. The van der Waals surface area contributed by atoms with Crippen LogP contribution < -0.4 is 0 Å². The molecule has 0 aromatic carbocycles. The second kappa shape index (κ2) is 9.89. The van der Waals surface area contributed by atoms with Crippen LogP contribution in [0.15, 0.2) is 0 Å². The number of likely N-dealkylation sites (tertiary alicyclic amines) is 1. The number of esters is 1. The third-order valence-corrected chi connectivity index (χ3v) is 6.04. The topological polar surface area (TPSA) is 85.3 Å². The zero-order valence-corrected chi connectivity index (χ0v) is 18.9. The molecule has 158 valence electrons. The van der Waals surface area contributed by atoms with Crippen LogP contribution in [0.1, 0.15) is 27.7 Å². The Labute approximate surface area is 164 Å². The maximum absolute atomic E-state index is 12.5. The number of aliphatic hydroxyl groups is 1. The molecule has 0 aromatic heterocycles. The van der Waals surface area contributed by atoms with Crippen LogP contribution in [-0.4, -0.2) is 74.8 Å². The van der Waals surface area contributed by atoms with Crippen molar-refractivity contribution in [2.45, 2.75) is 65.1 Å². The molecular formula is C19H37NO6Si. The Morgan fingerprint density at radius 3 is 2.33 bits per heavy atom. The van der Waals surface area contributed by atoms with Gasteiger partial charge in [-0.3, -0.25) is 4.79 Å². The van der Waals surface area contributed by atoms with Gasteiger partial charge in [0, 0.05) is 33.7 Å². The predicted octanol–water partition coefficient (Wildman–Crippen LogP) is 2.75. The Hall–Kier alpha value is -1.12. The van der Waals surface area contributed by atoms with Crippen molar-refractivity contribution in [3.8, 4) is 0 Å². The summed E-state index contributed by atoms with van der Waals surface area (Å²) in [5.74, 6) is -1.65. The molecule has 3 atom stereocenters. The maximum Gasteiger partial charge on any atom is 0.410 e. The van der Waals surface area contributed by atoms with Gasteiger partial charge in [0.1, 0.15) is 11.5 Å². The first kappa shape index (κ1) is 23.9. The highest BCUT2D eigenvalue weighted by atomic mass is 28.3. The van der Waals surface area contributed by atoms with Crippen molar-refractivity contribution < 1.29 is 28.9 Å². The summed E-state index contributed by atoms with van der Waals surface area (Å²) in [4.78, 5) is 26.2. The molecule has 0 aromatic rings. The van der Waals surface area contributed by atoms with Gasteiger partial charge in [-0.15, -0.1) is 0 Å². The molecule has 8 heteroatoms. The molecule has 0 unspecified atom stereocenters. The Bertz CT molecular complexity index is 499. The molecule has 0 spiro atoms. The zero-order chi connectivity index (χ0) is 20.8. The number of aliphatic hydroxyl groups excluding tert-OH is 1. The molecule has 0 saturated carbocycles. The number of hydrogen-bond donors (Lipinski definition) is 1. The molecule has 0 aliphatic carbocycles. The third-order valence-electron chi connectivity index (χ3n) is 4.34. The highest BCUT2D eigenvalue weighted by molar-refractivity contribution is 6.76. The van der Waals surface area contributed by atoms with Crippen molar-refractivity contribution in [1.29, 1.82) is 0 Å². The molecule has 27 heavy (non-hydrogen) atoms. The van der Waals surface area contributed by atoms with Crippen LogP contribution in [0.5, 0.6) is 0 Å². The lowest BCUT2D eigenvalue weighted by molar-refractivity contribution is -0.159. The van der Waals surface area contributed by atoms with Gasteiger partial charge in [0.15, 0.2) is 0 Å². The van der Waals surface area contributed by atoms with Gasteiger partial charge in [-0.05, 0) is 33.7 Å². The summed E-state index contributed by atoms with van der Waals surface area (Å²) >= 11 is 0. The van der Waals surface area contributed by atoms with E-state index in [2.05, 4.69) is 19.6 Å². The molecule has 1 saturated heterocycles. The molecule has 1 aliphatic heterocycles. The average Bonchev–Trinajstić information content (AvgIpc) is 2.50. The van der Waals surface area contributed by atoms with Crippen LogP contribution in [0.4, 0.5) is 4.79 Å². The van der Waals surface area contributed by atoms with E-state index in [4.69, 9.17) is 14.2 Å². The van der Waals surface area contributed by atoms with E-state index in [-0.39, 0.29) is 19.1 Å². The number of carbonyl (C=O) groups is 2. The number of piperidine rings is 1. The van der Waals surface area contributed by atoms with Crippen molar-refractivity contribution in [3.05, 3.63) is 0 Å². The van der Waals surface area contributed by atoms with Crippen molar-refractivity contribution >= 4 is 20.1 Å². The van der Waals surface area contributed by atoms with Gasteiger partial charge in [-0.1, -0.05) is 19.6 Å². The van der Waals surface area contributed by atoms with Gasteiger partial charge >= 0.3 is 12.1 Å². The van der Waals surface area contributed by atoms with Crippen LogP contribution in [-0.2, 0) is 19.0 Å². The van der Waals surface area contributed by atoms with Gasteiger partial charge in [0.05, 0.1) is 19.3 Å². The summed E-state index contributed by atoms with van der Waals surface area (Å²) in [6.07, 6.45) is -1.40. The number of amides is 1. The van der Waals surface area contributed by atoms with E-state index in [1.165, 1.54) is 4.90 Å². The highest BCUT2D eigenvalue weighted by Gasteiger charge is 2.43. The lowest BCUT2D eigenvalue weighted by Crippen LogP contribution is -2.56. The van der Waals surface area contributed by atoms with Crippen molar-refractivity contribution in [3.63, 3.8) is 0 Å². The molecule has 1 rings (SSSR count). The fourth-order valence-corrected chi connectivity index (χ4v) is 3.60. The molecule has 1 N–H and O–H groups in total. The molecule has 0 bridgehead atoms. The number of rotatable bonds is 7. The Kier molecular flexibility index (Phi) is 8.76. The van der Waals surface area contributed by atoms with Crippen LogP contribution >= 0.6 is 0 Å². The largest absolute Gasteiger partial charge is 0.466 e. The lowest BCUT2D eigenvalue weighted by atomic mass is 9.86. The van der Waals surface area contributed by atoms with Crippen LogP contribution in [0, 0.1) is 11.8 Å². The fraction of sp³-hybridized carbons (Fsp3) is 0.895. The monoisotopic (exact) mass is 403 g/mol. The van der Waals surface area contributed by atoms with E-state index in [9.17, 15) is 14.7 Å². The van der Waals surface area contributed by atoms with E-state index in [1.807, 2.05) is 0 Å². The predicted molar refractivity (Wildman–Crippen MR) is 106 cm³/mol. The molecule has 1 aliphatic rings. The van der Waals surface area contributed by atoms with Gasteiger partial charge in [-0.2, -0.15) is 0 Å². The molecular weight excluding hydrogens is 366 g/mol. The summed E-state index contributed by atoms with van der Waals surface area (Å²) in [6.45, 7) is 15.4. The molecule has 0 radical (unpaired) electrons. The number of nitrogens with zero attached hydrogens (tertiary/aromatic N) is 1. The summed E-state index contributed by atoms with van der Waals surface area (Å²) in [5.41, 5.74) is -0.629. The van der Waals surface area contributed by atoms with E-state index >= 15 is 0 Å². The molecule has 7 nitrogen and oxygen atoms in total. The Morgan fingerprint density at radius 2 is 1.81 bits per heavy atom. The first-order chi connectivity index (χ1) is 12.3. The molecule has 1 heterocycles. The van der Waals surface area contributed by atoms with E-state index in [1.54, 1.807) is 27.7 Å². The van der Waals surface area contributed by atoms with Crippen LogP contribution in [0.3, 0.4) is 0 Å². The Morgan fingerprint density at radius 1 is 1.19 bits per heavy atom. The minimum atomic E-state index is -1.21. The smallest absolute Gasteiger partial charge is 0.410 e. The third kappa shape index (κ3) is 8.61. The second-order valence-corrected chi connectivity index (χ2v) is 15.0. The van der Waals surface area contributed by atoms with Gasteiger partial charge in [0.2, 0.25) is 0 Å². The van der Waals surface area contributed by atoms with Crippen molar-refractivity contribution in [2.75, 3.05) is 32.9 Å². The first-order valence-corrected chi connectivity index (χ1v) is 13.4. The van der Waals surface area contributed by atoms with E-state index < -0.39 is 37.8 Å². The van der Waals surface area contributed by atoms with Crippen molar-refractivity contribution in [2.24, 2.45) is 11.8 Å². The van der Waals surface area contributed by atoms with E-state index in [0.717, 1.165) is 6.04 Å². The fourth-order valence-electron chi connectivity index (χ4n) is 2.84.